The van der Waals surface area contributed by atoms with E-state index in [2.05, 4.69) is 32.3 Å². The Kier molecular flexibility index (Phi) is 4.00. The molecule has 0 radical (unpaired) electrons. The molecule has 0 amide bonds. The quantitative estimate of drug-likeness (QED) is 0.404. The van der Waals surface area contributed by atoms with E-state index in [4.69, 9.17) is 9.72 Å². The van der Waals surface area contributed by atoms with Crippen molar-refractivity contribution < 1.29 is 24.9 Å². The molecule has 2 aliphatic heterocycles. The molecule has 8 heteroatoms. The Labute approximate surface area is 191 Å². The molecule has 7 nitrogen and oxygen atoms in total. The first kappa shape index (κ1) is 21.0. The van der Waals surface area contributed by atoms with Gasteiger partial charge in [0, 0.05) is 28.7 Å². The van der Waals surface area contributed by atoms with E-state index >= 15 is 0 Å². The highest BCUT2D eigenvalue weighted by molar-refractivity contribution is 7.15. The maximum absolute atomic E-state index is 13.7. The van der Waals surface area contributed by atoms with Crippen LogP contribution in [0.1, 0.15) is 37.3 Å². The van der Waals surface area contributed by atoms with E-state index in [1.54, 1.807) is 17.4 Å². The van der Waals surface area contributed by atoms with Crippen LogP contribution in [0.2, 0.25) is 0 Å². The van der Waals surface area contributed by atoms with Crippen LogP contribution in [0, 0.1) is 28.6 Å². The van der Waals surface area contributed by atoms with Gasteiger partial charge in [-0.25, -0.2) is 4.98 Å². The lowest BCUT2D eigenvalue weighted by Gasteiger charge is -2.73. The van der Waals surface area contributed by atoms with Crippen molar-refractivity contribution in [3.8, 4) is 0 Å². The molecule has 172 valence electrons. The number of nitrogens with one attached hydrogen (secondary N) is 1. The summed E-state index contributed by atoms with van der Waals surface area (Å²) in [5.74, 6) is -3.68. The standard InChI is InChI=1S/C24H30N2O5S/c1-5-8-25-20-26-16-13(32-20)9-21(3,4)15-19(29)24(30)23-14(22(15,16)10-31-24)7-6-12(18(23)28)11(2)17(23)27/h5,12,14-15,18-19,28-30H,1-2,6-10H2,3-4H3,(H,25,26). The van der Waals surface area contributed by atoms with Gasteiger partial charge in [0.2, 0.25) is 5.79 Å². The van der Waals surface area contributed by atoms with Crippen LogP contribution in [-0.4, -0.2) is 57.2 Å². The Balaban J connectivity index is 1.64. The normalized spacial score (nSPS) is 47.6. The molecule has 2 saturated heterocycles. The monoisotopic (exact) mass is 458 g/mol. The van der Waals surface area contributed by atoms with Crippen LogP contribution in [-0.2, 0) is 21.4 Å². The topological polar surface area (TPSA) is 112 Å². The molecule has 1 aromatic heterocycles. The second kappa shape index (κ2) is 6.10. The molecule has 7 rings (SSSR count). The minimum Gasteiger partial charge on any atom is -0.391 e. The minimum absolute atomic E-state index is 0.163. The summed E-state index contributed by atoms with van der Waals surface area (Å²) >= 11 is 1.59. The number of ether oxygens (including phenoxy) is 1. The number of aromatic nitrogens is 1. The van der Waals surface area contributed by atoms with Crippen LogP contribution < -0.4 is 5.32 Å². The molecule has 2 spiro atoms. The van der Waals surface area contributed by atoms with Gasteiger partial charge in [0.1, 0.15) is 11.5 Å². The number of ketones is 1. The van der Waals surface area contributed by atoms with Crippen molar-refractivity contribution in [2.75, 3.05) is 18.5 Å². The van der Waals surface area contributed by atoms with Crippen molar-refractivity contribution in [3.05, 3.63) is 35.4 Å². The molecular weight excluding hydrogens is 428 g/mol. The second-order valence-electron chi connectivity index (χ2n) is 11.0. The summed E-state index contributed by atoms with van der Waals surface area (Å²) in [5.41, 5.74) is -1.58. The number of hydrogen-bond acceptors (Lipinski definition) is 8. The predicted octanol–water partition coefficient (Wildman–Crippen LogP) is 1.78. The third-order valence-electron chi connectivity index (χ3n) is 9.29. The fourth-order valence-electron chi connectivity index (χ4n) is 8.33. The summed E-state index contributed by atoms with van der Waals surface area (Å²) in [5, 5.41) is 39.1. The number of anilines is 1. The summed E-state index contributed by atoms with van der Waals surface area (Å²) in [7, 11) is 0. The average Bonchev–Trinajstić information content (AvgIpc) is 3.18. The zero-order valence-electron chi connectivity index (χ0n) is 18.4. The summed E-state index contributed by atoms with van der Waals surface area (Å²) in [4.78, 5) is 19.8. The molecule has 8 unspecified atom stereocenters. The highest BCUT2D eigenvalue weighted by atomic mass is 32.1. The number of aliphatic hydroxyl groups excluding tert-OH is 2. The third-order valence-corrected chi connectivity index (χ3v) is 10.3. The summed E-state index contributed by atoms with van der Waals surface area (Å²) < 4.78 is 6.07. The highest BCUT2D eigenvalue weighted by Gasteiger charge is 2.86. The smallest absolute Gasteiger partial charge is 0.208 e. The molecule has 3 saturated carbocycles. The zero-order valence-corrected chi connectivity index (χ0v) is 19.2. The molecule has 6 aliphatic rings. The van der Waals surface area contributed by atoms with Crippen LogP contribution in [0.3, 0.4) is 0 Å². The molecule has 32 heavy (non-hydrogen) atoms. The molecule has 4 bridgehead atoms. The number of aliphatic hydroxyl groups is 3. The molecule has 4 N–H and O–H groups in total. The lowest BCUT2D eigenvalue weighted by Crippen LogP contribution is -2.85. The number of fused-ring (bicyclic) bond motifs is 3. The number of hydrogen-bond donors (Lipinski definition) is 4. The van der Waals surface area contributed by atoms with Gasteiger partial charge in [-0.3, -0.25) is 4.79 Å². The van der Waals surface area contributed by atoms with Gasteiger partial charge in [-0.05, 0) is 36.2 Å². The highest BCUT2D eigenvalue weighted by Crippen LogP contribution is 2.75. The average molecular weight is 459 g/mol. The molecule has 3 heterocycles. The van der Waals surface area contributed by atoms with Gasteiger partial charge >= 0.3 is 0 Å². The van der Waals surface area contributed by atoms with E-state index in [-0.39, 0.29) is 23.7 Å². The van der Waals surface area contributed by atoms with Crippen molar-refractivity contribution in [1.82, 2.24) is 4.98 Å². The maximum Gasteiger partial charge on any atom is 0.208 e. The summed E-state index contributed by atoms with van der Waals surface area (Å²) in [6, 6.07) is 0. The van der Waals surface area contributed by atoms with E-state index in [1.807, 2.05) is 0 Å². The zero-order chi connectivity index (χ0) is 22.8. The largest absolute Gasteiger partial charge is 0.391 e. The van der Waals surface area contributed by atoms with Crippen molar-refractivity contribution >= 4 is 22.3 Å². The van der Waals surface area contributed by atoms with Gasteiger partial charge in [0.05, 0.1) is 18.4 Å². The fraction of sp³-hybridized carbons (Fsp3) is 0.667. The minimum atomic E-state index is -2.15. The Hall–Kier alpha value is -1.58. The maximum atomic E-state index is 13.7. The van der Waals surface area contributed by atoms with Crippen molar-refractivity contribution in [2.24, 2.45) is 28.6 Å². The summed E-state index contributed by atoms with van der Waals surface area (Å²) in [6.45, 7) is 12.7. The van der Waals surface area contributed by atoms with E-state index in [1.165, 1.54) is 0 Å². The van der Waals surface area contributed by atoms with Gasteiger partial charge in [0.15, 0.2) is 10.9 Å². The number of carbonyl (C=O) groups is 1. The predicted molar refractivity (Wildman–Crippen MR) is 119 cm³/mol. The van der Waals surface area contributed by atoms with E-state index < -0.39 is 40.7 Å². The summed E-state index contributed by atoms with van der Waals surface area (Å²) in [6.07, 6.45) is 1.29. The number of Topliss-reactive ketones (excluding diaryl/α,β-unsaturated/α-hetero) is 1. The van der Waals surface area contributed by atoms with Gasteiger partial charge < -0.3 is 25.4 Å². The molecule has 4 aliphatic carbocycles. The lowest BCUT2D eigenvalue weighted by molar-refractivity contribution is -0.429. The Morgan fingerprint density at radius 2 is 2.06 bits per heavy atom. The fourth-order valence-corrected chi connectivity index (χ4v) is 9.63. The number of nitrogens with zero attached hydrogens (tertiary/aromatic N) is 1. The Morgan fingerprint density at radius 1 is 1.31 bits per heavy atom. The van der Waals surface area contributed by atoms with Crippen LogP contribution in [0.5, 0.6) is 0 Å². The van der Waals surface area contributed by atoms with Crippen molar-refractivity contribution in [3.63, 3.8) is 0 Å². The van der Waals surface area contributed by atoms with E-state index in [0.29, 0.717) is 31.4 Å². The molecule has 0 aromatic carbocycles. The molecule has 5 fully saturated rings. The molecule has 1 aromatic rings. The van der Waals surface area contributed by atoms with Gasteiger partial charge in [-0.2, -0.15) is 0 Å². The molecular formula is C24H30N2O5S. The van der Waals surface area contributed by atoms with Gasteiger partial charge in [0.25, 0.3) is 0 Å². The first-order valence-electron chi connectivity index (χ1n) is 11.4. The number of thiazole rings is 1. The SMILES string of the molecule is C=CCNc1nc2c(s1)CC(C)(C)C1C(O)C3(O)OCC21C1CCC2C(=C)C(=O)C13C2O. The van der Waals surface area contributed by atoms with Crippen molar-refractivity contribution in [1.29, 1.82) is 0 Å². The first-order chi connectivity index (χ1) is 15.1. The number of carbonyl (C=O) groups excluding carboxylic acids is 1. The van der Waals surface area contributed by atoms with Crippen molar-refractivity contribution in [2.45, 2.75) is 56.5 Å². The Bertz CT molecular complexity index is 1070. The lowest BCUT2D eigenvalue weighted by atomic mass is 9.36. The van der Waals surface area contributed by atoms with E-state index in [0.717, 1.165) is 15.7 Å². The molecule has 8 atom stereocenters. The van der Waals surface area contributed by atoms with Gasteiger partial charge in [-0.15, -0.1) is 17.9 Å². The van der Waals surface area contributed by atoms with Crippen LogP contribution in [0.25, 0.3) is 0 Å². The van der Waals surface area contributed by atoms with Crippen LogP contribution in [0.15, 0.2) is 24.8 Å². The first-order valence-corrected chi connectivity index (χ1v) is 12.2. The third kappa shape index (κ3) is 1.96. The van der Waals surface area contributed by atoms with Crippen LogP contribution in [0.4, 0.5) is 5.13 Å². The second-order valence-corrected chi connectivity index (χ2v) is 12.1. The van der Waals surface area contributed by atoms with Crippen LogP contribution >= 0.6 is 11.3 Å². The van der Waals surface area contributed by atoms with E-state index in [9.17, 15) is 20.1 Å². The Morgan fingerprint density at radius 3 is 2.78 bits per heavy atom. The van der Waals surface area contributed by atoms with Gasteiger partial charge in [-0.1, -0.05) is 26.5 Å². The number of rotatable bonds is 3.